The summed E-state index contributed by atoms with van der Waals surface area (Å²) in [7, 11) is 0. The molecule has 0 aliphatic carbocycles. The fourth-order valence-corrected chi connectivity index (χ4v) is 5.76. The van der Waals surface area contributed by atoms with Crippen molar-refractivity contribution in [3.8, 4) is 11.3 Å². The third kappa shape index (κ3) is 4.55. The topological polar surface area (TPSA) is 150 Å². The van der Waals surface area contributed by atoms with Gasteiger partial charge in [-0.15, -0.1) is 11.8 Å². The quantitative estimate of drug-likeness (QED) is 0.549. The molecule has 0 spiro atoms. The van der Waals surface area contributed by atoms with E-state index in [-0.39, 0.29) is 17.0 Å². The number of rotatable bonds is 6. The van der Waals surface area contributed by atoms with Crippen molar-refractivity contribution in [3.05, 3.63) is 40.6 Å². The molecule has 2 amide bonds. The molecule has 12 heteroatoms. The maximum absolute atomic E-state index is 13.2. The average Bonchev–Trinajstić information content (AvgIpc) is 3.22. The first-order valence-electron chi connectivity index (χ1n) is 9.81. The van der Waals surface area contributed by atoms with Crippen molar-refractivity contribution in [3.63, 3.8) is 0 Å². The van der Waals surface area contributed by atoms with Crippen LogP contribution in [0.3, 0.4) is 0 Å². The Hall–Kier alpha value is -3.05. The average molecular weight is 496 g/mol. The molecule has 0 bridgehead atoms. The van der Waals surface area contributed by atoms with Gasteiger partial charge in [-0.05, 0) is 26.8 Å². The minimum absolute atomic E-state index is 0.0132. The van der Waals surface area contributed by atoms with E-state index >= 15 is 0 Å². The molecule has 2 heterocycles. The molecule has 0 unspecified atom stereocenters. The SMILES string of the molecule is CC(=O)N1[C@@H]([C@H](NC(=O)c2c(-c3ccccc3Cl)noc2C)C(=O)O)SC(C)(C)[C@@H]1C(=O)O. The Morgan fingerprint density at radius 1 is 1.24 bits per heavy atom. The Kier molecular flexibility index (Phi) is 6.75. The summed E-state index contributed by atoms with van der Waals surface area (Å²) in [6.07, 6.45) is 0. The summed E-state index contributed by atoms with van der Waals surface area (Å²) in [5, 5.41) is 25.1. The van der Waals surface area contributed by atoms with Crippen LogP contribution in [0.2, 0.25) is 5.02 Å². The van der Waals surface area contributed by atoms with E-state index in [1.807, 2.05) is 0 Å². The summed E-state index contributed by atoms with van der Waals surface area (Å²) in [4.78, 5) is 50.6. The van der Waals surface area contributed by atoms with Crippen LogP contribution in [-0.4, -0.2) is 66.2 Å². The number of carbonyl (C=O) groups excluding carboxylic acids is 2. The number of benzene rings is 1. The molecule has 10 nitrogen and oxygen atoms in total. The highest BCUT2D eigenvalue weighted by molar-refractivity contribution is 8.01. The van der Waals surface area contributed by atoms with Crippen LogP contribution in [0.1, 0.15) is 36.9 Å². The zero-order chi connectivity index (χ0) is 24.7. The van der Waals surface area contributed by atoms with Crippen molar-refractivity contribution in [2.75, 3.05) is 0 Å². The third-order valence-electron chi connectivity index (χ3n) is 5.29. The summed E-state index contributed by atoms with van der Waals surface area (Å²) in [6, 6.07) is 3.75. The van der Waals surface area contributed by atoms with Crippen LogP contribution in [0.5, 0.6) is 0 Å². The van der Waals surface area contributed by atoms with Crippen LogP contribution in [0.15, 0.2) is 28.8 Å². The van der Waals surface area contributed by atoms with Gasteiger partial charge in [-0.3, -0.25) is 9.59 Å². The summed E-state index contributed by atoms with van der Waals surface area (Å²) < 4.78 is 4.17. The fourth-order valence-electron chi connectivity index (χ4n) is 3.87. The maximum atomic E-state index is 13.2. The number of nitrogens with one attached hydrogen (secondary N) is 1. The lowest BCUT2D eigenvalue weighted by Gasteiger charge is -2.31. The normalized spacial score (nSPS) is 20.3. The molecule has 1 saturated heterocycles. The number of carboxylic acid groups (broad SMARTS) is 2. The summed E-state index contributed by atoms with van der Waals surface area (Å²) >= 11 is 7.22. The van der Waals surface area contributed by atoms with Gasteiger partial charge in [-0.1, -0.05) is 35.0 Å². The molecule has 176 valence electrons. The summed E-state index contributed by atoms with van der Waals surface area (Å²) in [5.41, 5.74) is 0.535. The second-order valence-electron chi connectivity index (χ2n) is 8.01. The standard InChI is InChI=1S/C21H22ClN3O7S/c1-9-13(14(24-32-9)11-7-5-6-8-12(11)22)17(27)23-15(19(28)29)18-25(10(2)26)16(20(30)31)21(3,4)33-18/h5-8,15-16,18H,1-4H3,(H,23,27)(H,28,29)(H,30,31)/t15-,16-,18+/m0/s1. The van der Waals surface area contributed by atoms with E-state index in [4.69, 9.17) is 16.1 Å². The number of aromatic nitrogens is 1. The van der Waals surface area contributed by atoms with Gasteiger partial charge >= 0.3 is 11.9 Å². The number of amides is 2. The molecule has 0 radical (unpaired) electrons. The zero-order valence-corrected chi connectivity index (χ0v) is 19.7. The second kappa shape index (κ2) is 9.06. The molecule has 33 heavy (non-hydrogen) atoms. The molecule has 0 saturated carbocycles. The van der Waals surface area contributed by atoms with E-state index < -0.39 is 46.0 Å². The van der Waals surface area contributed by atoms with Gasteiger partial charge in [0.15, 0.2) is 6.04 Å². The number of carboxylic acids is 2. The van der Waals surface area contributed by atoms with Gasteiger partial charge in [0.25, 0.3) is 5.91 Å². The minimum atomic E-state index is -1.61. The lowest BCUT2D eigenvalue weighted by molar-refractivity contribution is -0.152. The van der Waals surface area contributed by atoms with E-state index in [0.717, 1.165) is 23.6 Å². The van der Waals surface area contributed by atoms with E-state index in [9.17, 15) is 29.4 Å². The first-order valence-corrected chi connectivity index (χ1v) is 11.1. The van der Waals surface area contributed by atoms with Crippen molar-refractivity contribution < 1.29 is 33.9 Å². The van der Waals surface area contributed by atoms with Gasteiger partial charge in [-0.25, -0.2) is 9.59 Å². The molecule has 1 aromatic heterocycles. The van der Waals surface area contributed by atoms with Gasteiger partial charge < -0.3 is 25.0 Å². The molecule has 3 atom stereocenters. The first-order chi connectivity index (χ1) is 15.4. The lowest BCUT2D eigenvalue weighted by Crippen LogP contribution is -2.57. The largest absolute Gasteiger partial charge is 0.480 e. The smallest absolute Gasteiger partial charge is 0.329 e. The highest BCUT2D eigenvalue weighted by Gasteiger charge is 2.56. The molecule has 1 aliphatic heterocycles. The van der Waals surface area contributed by atoms with Crippen molar-refractivity contribution in [1.82, 2.24) is 15.4 Å². The molecular formula is C21H22ClN3O7S. The number of hydrogen-bond acceptors (Lipinski definition) is 7. The van der Waals surface area contributed by atoms with Crippen LogP contribution in [0.25, 0.3) is 11.3 Å². The molecule has 3 N–H and O–H groups in total. The number of carbonyl (C=O) groups is 4. The third-order valence-corrected chi connectivity index (χ3v) is 7.19. The van der Waals surface area contributed by atoms with E-state index in [1.54, 1.807) is 38.1 Å². The molecule has 1 fully saturated rings. The van der Waals surface area contributed by atoms with Crippen LogP contribution in [0.4, 0.5) is 0 Å². The van der Waals surface area contributed by atoms with Gasteiger partial charge in [0.2, 0.25) is 5.91 Å². The van der Waals surface area contributed by atoms with Gasteiger partial charge in [0, 0.05) is 17.2 Å². The number of thioether (sulfide) groups is 1. The van der Waals surface area contributed by atoms with Gasteiger partial charge in [0.1, 0.15) is 28.4 Å². The number of aryl methyl sites for hydroxylation is 1. The molecular weight excluding hydrogens is 474 g/mol. The van der Waals surface area contributed by atoms with Gasteiger partial charge in [-0.2, -0.15) is 0 Å². The molecule has 1 aromatic carbocycles. The summed E-state index contributed by atoms with van der Waals surface area (Å²) in [5.74, 6) is -3.99. The number of hydrogen-bond donors (Lipinski definition) is 3. The Labute approximate surface area is 198 Å². The number of aliphatic carboxylic acids is 2. The number of nitrogens with zero attached hydrogens (tertiary/aromatic N) is 2. The van der Waals surface area contributed by atoms with Crippen molar-refractivity contribution >= 4 is 47.1 Å². The minimum Gasteiger partial charge on any atom is -0.480 e. The van der Waals surface area contributed by atoms with E-state index in [0.29, 0.717) is 10.6 Å². The van der Waals surface area contributed by atoms with Crippen molar-refractivity contribution in [2.45, 2.75) is 49.9 Å². The highest BCUT2D eigenvalue weighted by Crippen LogP contribution is 2.46. The van der Waals surface area contributed by atoms with Crippen LogP contribution in [0, 0.1) is 6.92 Å². The predicted octanol–water partition coefficient (Wildman–Crippen LogP) is 2.64. The van der Waals surface area contributed by atoms with E-state index in [1.165, 1.54) is 6.92 Å². The van der Waals surface area contributed by atoms with Crippen LogP contribution in [-0.2, 0) is 14.4 Å². The van der Waals surface area contributed by atoms with Crippen molar-refractivity contribution in [1.29, 1.82) is 0 Å². The first kappa shape index (κ1) is 24.6. The Bertz CT molecular complexity index is 1130. The Morgan fingerprint density at radius 3 is 2.42 bits per heavy atom. The Balaban J connectivity index is 2.00. The molecule has 3 rings (SSSR count). The summed E-state index contributed by atoms with van der Waals surface area (Å²) in [6.45, 7) is 5.86. The monoisotopic (exact) mass is 495 g/mol. The fraction of sp³-hybridized carbons (Fsp3) is 0.381. The van der Waals surface area contributed by atoms with Crippen LogP contribution >= 0.6 is 23.4 Å². The lowest BCUT2D eigenvalue weighted by atomic mass is 10.0. The molecule has 1 aliphatic rings. The maximum Gasteiger partial charge on any atom is 0.329 e. The Morgan fingerprint density at radius 2 is 1.88 bits per heavy atom. The van der Waals surface area contributed by atoms with Crippen LogP contribution < -0.4 is 5.32 Å². The highest BCUT2D eigenvalue weighted by atomic mass is 35.5. The number of halogens is 1. The van der Waals surface area contributed by atoms with Gasteiger partial charge in [0.05, 0.1) is 5.02 Å². The molecule has 2 aromatic rings. The zero-order valence-electron chi connectivity index (χ0n) is 18.2. The predicted molar refractivity (Wildman–Crippen MR) is 120 cm³/mol. The van der Waals surface area contributed by atoms with Crippen molar-refractivity contribution in [2.24, 2.45) is 0 Å². The van der Waals surface area contributed by atoms with E-state index in [2.05, 4.69) is 10.5 Å². The second-order valence-corrected chi connectivity index (χ2v) is 10.2.